The molecule has 2 aromatic heterocycles. The van der Waals surface area contributed by atoms with Crippen LogP contribution in [0.4, 0.5) is 0 Å². The highest BCUT2D eigenvalue weighted by Crippen LogP contribution is 2.64. The fraction of sp³-hybridized carbons (Fsp3) is 0.545. The fourth-order valence-electron chi connectivity index (χ4n) is 8.62. The van der Waals surface area contributed by atoms with Gasteiger partial charge in [-0.1, -0.05) is 30.7 Å². The third kappa shape index (κ3) is 4.67. The molecule has 0 unspecified atom stereocenters. The maximum Gasteiger partial charge on any atom is 0.336 e. The quantitative estimate of drug-likeness (QED) is 0.219. The Hall–Kier alpha value is -3.75. The van der Waals surface area contributed by atoms with Gasteiger partial charge >= 0.3 is 11.6 Å². The number of benzene rings is 1. The van der Waals surface area contributed by atoms with E-state index in [2.05, 4.69) is 30.2 Å². The number of fused-ring (bicyclic) bond motifs is 6. The van der Waals surface area contributed by atoms with Gasteiger partial charge in [-0.25, -0.2) is 9.48 Å². The van der Waals surface area contributed by atoms with E-state index in [0.717, 1.165) is 56.8 Å². The van der Waals surface area contributed by atoms with Crippen LogP contribution in [0.15, 0.2) is 57.4 Å². The van der Waals surface area contributed by atoms with Crippen LogP contribution >= 0.6 is 0 Å². The van der Waals surface area contributed by atoms with Crippen molar-refractivity contribution in [2.75, 3.05) is 0 Å². The van der Waals surface area contributed by atoms with Gasteiger partial charge in [0.2, 0.25) is 0 Å². The number of aromatic nitrogens is 3. The van der Waals surface area contributed by atoms with Crippen molar-refractivity contribution in [2.45, 2.75) is 84.5 Å². The zero-order valence-corrected chi connectivity index (χ0v) is 24.2. The van der Waals surface area contributed by atoms with Crippen molar-refractivity contribution >= 4 is 22.7 Å². The standard InChI is InChI=1S/C33H37N3O6/c1-32-13-11-24(15-21(32)5-7-25-26-8-9-29(37)33(26,2)14-12-27(25)32)41-31(39)18-36-17-22(34-35-36)19-40-23-6-3-20-4-10-30(38)42-28(20)16-23/h3-6,10,16-17,24-27H,7-9,11-15,18-19H2,1-2H3/t24-,25-,26-,27-,32-,33-/m0/s1. The van der Waals surface area contributed by atoms with E-state index < -0.39 is 5.63 Å². The van der Waals surface area contributed by atoms with E-state index >= 15 is 0 Å². The first-order valence-electron chi connectivity index (χ1n) is 15.2. The molecule has 0 aliphatic heterocycles. The second kappa shape index (κ2) is 10.2. The molecular weight excluding hydrogens is 534 g/mol. The van der Waals surface area contributed by atoms with Gasteiger partial charge in [0.15, 0.2) is 0 Å². The van der Waals surface area contributed by atoms with Crippen LogP contribution in [0.25, 0.3) is 11.0 Å². The van der Waals surface area contributed by atoms with Gasteiger partial charge in [-0.15, -0.1) is 5.10 Å². The van der Waals surface area contributed by atoms with Crippen LogP contribution in [0.5, 0.6) is 5.75 Å². The zero-order chi connectivity index (χ0) is 29.1. The Morgan fingerprint density at radius 3 is 2.76 bits per heavy atom. The van der Waals surface area contributed by atoms with Gasteiger partial charge in [-0.3, -0.25) is 9.59 Å². The molecule has 0 radical (unpaired) electrons. The largest absolute Gasteiger partial charge is 0.487 e. The van der Waals surface area contributed by atoms with Crippen molar-refractivity contribution in [3.05, 3.63) is 64.3 Å². The number of ether oxygens (including phenoxy) is 2. The third-order valence-electron chi connectivity index (χ3n) is 10.9. The highest BCUT2D eigenvalue weighted by molar-refractivity contribution is 5.87. The van der Waals surface area contributed by atoms with Crippen LogP contribution in [-0.4, -0.2) is 32.9 Å². The molecule has 0 bridgehead atoms. The molecule has 4 aliphatic rings. The molecule has 0 saturated heterocycles. The maximum absolute atomic E-state index is 12.9. The van der Waals surface area contributed by atoms with Crippen LogP contribution in [0.2, 0.25) is 0 Å². The Kier molecular flexibility index (Phi) is 6.59. The van der Waals surface area contributed by atoms with E-state index in [1.807, 2.05) is 6.07 Å². The van der Waals surface area contributed by atoms with Crippen LogP contribution in [0.1, 0.15) is 70.9 Å². The normalized spacial score (nSPS) is 32.0. The number of rotatable bonds is 6. The van der Waals surface area contributed by atoms with E-state index in [0.29, 0.717) is 40.6 Å². The van der Waals surface area contributed by atoms with Crippen molar-refractivity contribution in [3.8, 4) is 5.75 Å². The van der Waals surface area contributed by atoms with Crippen molar-refractivity contribution in [1.82, 2.24) is 15.0 Å². The molecule has 1 aromatic carbocycles. The number of nitrogens with zero attached hydrogens (tertiary/aromatic N) is 3. The molecule has 0 spiro atoms. The van der Waals surface area contributed by atoms with Gasteiger partial charge in [0.1, 0.15) is 42.1 Å². The molecular formula is C33H37N3O6. The number of esters is 1. The number of hydrogen-bond acceptors (Lipinski definition) is 8. The lowest BCUT2D eigenvalue weighted by Gasteiger charge is -2.56. The van der Waals surface area contributed by atoms with Gasteiger partial charge in [0.05, 0.1) is 6.20 Å². The molecule has 3 fully saturated rings. The maximum atomic E-state index is 12.9. The van der Waals surface area contributed by atoms with Gasteiger partial charge in [-0.2, -0.15) is 0 Å². The van der Waals surface area contributed by atoms with Gasteiger partial charge < -0.3 is 13.9 Å². The lowest BCUT2D eigenvalue weighted by atomic mass is 9.48. The Bertz CT molecular complexity index is 1640. The molecule has 6 atom stereocenters. The molecule has 3 saturated carbocycles. The topological polar surface area (TPSA) is 114 Å². The Morgan fingerprint density at radius 2 is 1.88 bits per heavy atom. The molecule has 2 heterocycles. The van der Waals surface area contributed by atoms with E-state index in [1.54, 1.807) is 24.4 Å². The van der Waals surface area contributed by atoms with E-state index in [-0.39, 0.29) is 36.1 Å². The highest BCUT2D eigenvalue weighted by atomic mass is 16.5. The van der Waals surface area contributed by atoms with Gasteiger partial charge in [0, 0.05) is 35.8 Å². The van der Waals surface area contributed by atoms with Crippen LogP contribution < -0.4 is 10.4 Å². The average Bonchev–Trinajstić information content (AvgIpc) is 3.54. The highest BCUT2D eigenvalue weighted by Gasteiger charge is 2.58. The number of carbonyl (C=O) groups is 2. The summed E-state index contributed by atoms with van der Waals surface area (Å²) < 4.78 is 18.4. The fourth-order valence-corrected chi connectivity index (χ4v) is 8.62. The predicted octanol–water partition coefficient (Wildman–Crippen LogP) is 5.41. The second-order valence-electron chi connectivity index (χ2n) is 13.2. The first-order chi connectivity index (χ1) is 20.2. The van der Waals surface area contributed by atoms with Gasteiger partial charge in [0.25, 0.3) is 0 Å². The number of hydrogen-bond donors (Lipinski definition) is 0. The van der Waals surface area contributed by atoms with Crippen LogP contribution in [0.3, 0.4) is 0 Å². The summed E-state index contributed by atoms with van der Waals surface area (Å²) in [5.74, 6) is 2.42. The summed E-state index contributed by atoms with van der Waals surface area (Å²) in [5, 5.41) is 9.00. The Balaban J connectivity index is 0.938. The van der Waals surface area contributed by atoms with Crippen molar-refractivity contribution < 1.29 is 23.5 Å². The zero-order valence-electron chi connectivity index (χ0n) is 24.2. The Morgan fingerprint density at radius 1 is 1.07 bits per heavy atom. The first kappa shape index (κ1) is 27.1. The van der Waals surface area contributed by atoms with Crippen molar-refractivity contribution in [1.29, 1.82) is 0 Å². The molecule has 9 heteroatoms. The number of carbonyl (C=O) groups excluding carboxylic acids is 2. The average molecular weight is 572 g/mol. The predicted molar refractivity (Wildman–Crippen MR) is 153 cm³/mol. The molecule has 4 aliphatic carbocycles. The molecule has 0 N–H and O–H groups in total. The molecule has 0 amide bonds. The summed E-state index contributed by atoms with van der Waals surface area (Å²) in [6.07, 6.45) is 11.6. The van der Waals surface area contributed by atoms with Crippen molar-refractivity contribution in [3.63, 3.8) is 0 Å². The Labute approximate surface area is 244 Å². The summed E-state index contributed by atoms with van der Waals surface area (Å²) in [6, 6.07) is 8.36. The SMILES string of the molecule is C[C@]12CC[C@H](OC(=O)Cn3cc(COc4ccc5ccc(=O)oc5c4)nn3)CC1=CC[C@@H]1[C@@H]2CC[C@]2(C)C(=O)CC[C@@H]12. The summed E-state index contributed by atoms with van der Waals surface area (Å²) >= 11 is 0. The molecule has 220 valence electrons. The van der Waals surface area contributed by atoms with E-state index in [9.17, 15) is 14.4 Å². The molecule has 7 rings (SSSR count). The summed E-state index contributed by atoms with van der Waals surface area (Å²) in [6.45, 7) is 4.78. The summed E-state index contributed by atoms with van der Waals surface area (Å²) in [4.78, 5) is 37.0. The first-order valence-corrected chi connectivity index (χ1v) is 15.2. The molecule has 9 nitrogen and oxygen atoms in total. The number of allylic oxidation sites excluding steroid dienone is 1. The number of Topliss-reactive ketones (excluding diaryl/α,β-unsaturated/α-hetero) is 1. The molecule has 42 heavy (non-hydrogen) atoms. The summed E-state index contributed by atoms with van der Waals surface area (Å²) in [7, 11) is 0. The minimum atomic E-state index is -0.416. The van der Waals surface area contributed by atoms with Crippen LogP contribution in [-0.2, 0) is 27.5 Å². The minimum Gasteiger partial charge on any atom is -0.487 e. The third-order valence-corrected chi connectivity index (χ3v) is 10.9. The smallest absolute Gasteiger partial charge is 0.336 e. The lowest BCUT2D eigenvalue weighted by molar-refractivity contribution is -0.152. The van der Waals surface area contributed by atoms with E-state index in [4.69, 9.17) is 13.9 Å². The number of ketones is 1. The minimum absolute atomic E-state index is 0.0140. The van der Waals surface area contributed by atoms with Gasteiger partial charge in [-0.05, 0) is 79.9 Å². The molecule has 3 aromatic rings. The van der Waals surface area contributed by atoms with E-state index in [1.165, 1.54) is 16.3 Å². The summed E-state index contributed by atoms with van der Waals surface area (Å²) in [5.41, 5.74) is 2.06. The second-order valence-corrected chi connectivity index (χ2v) is 13.2. The van der Waals surface area contributed by atoms with Crippen LogP contribution in [0, 0.1) is 28.6 Å². The monoisotopic (exact) mass is 571 g/mol. The van der Waals surface area contributed by atoms with Crippen molar-refractivity contribution in [2.24, 2.45) is 28.6 Å². The lowest BCUT2D eigenvalue weighted by Crippen LogP contribution is -2.50.